The van der Waals surface area contributed by atoms with E-state index in [1.165, 1.54) is 29.5 Å². The van der Waals surface area contributed by atoms with Crippen LogP contribution in [0.1, 0.15) is 21.1 Å². The van der Waals surface area contributed by atoms with Crippen LogP contribution in [0.15, 0.2) is 23.6 Å². The maximum absolute atomic E-state index is 11.8. The summed E-state index contributed by atoms with van der Waals surface area (Å²) in [5.41, 5.74) is 1.01. The molecule has 0 saturated heterocycles. The van der Waals surface area contributed by atoms with Crippen LogP contribution in [0.4, 0.5) is 10.5 Å². The van der Waals surface area contributed by atoms with Crippen molar-refractivity contribution in [3.05, 3.63) is 44.9 Å². The number of aromatic nitrogens is 1. The number of carboxylic acid groups (broad SMARTS) is 1. The molecule has 8 heteroatoms. The summed E-state index contributed by atoms with van der Waals surface area (Å²) in [6, 6.07) is 3.73. The molecule has 1 aromatic heterocycles. The molecule has 0 saturated carbocycles. The molecule has 1 heterocycles. The number of anilines is 1. The number of carbonyl (C=O) groups is 2. The Morgan fingerprint density at radius 2 is 2.19 bits per heavy atom. The molecule has 2 aromatic rings. The molecule has 0 fully saturated rings. The Bertz CT molecular complexity index is 687. The van der Waals surface area contributed by atoms with E-state index in [0.29, 0.717) is 0 Å². The third kappa shape index (κ3) is 4.17. The molecular weight excluding hydrogens is 314 g/mol. The van der Waals surface area contributed by atoms with Crippen molar-refractivity contribution in [3.63, 3.8) is 0 Å². The van der Waals surface area contributed by atoms with Gasteiger partial charge in [-0.25, -0.2) is 14.6 Å². The topological polar surface area (TPSA) is 91.3 Å². The molecule has 110 valence electrons. The fourth-order valence-electron chi connectivity index (χ4n) is 1.61. The lowest BCUT2D eigenvalue weighted by Crippen LogP contribution is -2.28. The van der Waals surface area contributed by atoms with Crippen LogP contribution in [0.3, 0.4) is 0 Å². The number of hydrogen-bond donors (Lipinski definition) is 3. The number of urea groups is 1. The van der Waals surface area contributed by atoms with E-state index in [1.54, 1.807) is 0 Å². The van der Waals surface area contributed by atoms with E-state index >= 15 is 0 Å². The second-order valence-corrected chi connectivity index (χ2v) is 5.56. The minimum Gasteiger partial charge on any atom is -0.478 e. The zero-order valence-corrected chi connectivity index (χ0v) is 12.6. The minimum absolute atomic E-state index is 0.0669. The smallest absolute Gasteiger partial charge is 0.337 e. The Morgan fingerprint density at radius 1 is 1.43 bits per heavy atom. The van der Waals surface area contributed by atoms with Crippen LogP contribution in [0, 0.1) is 6.92 Å². The zero-order chi connectivity index (χ0) is 15.4. The second-order valence-electron chi connectivity index (χ2n) is 4.19. The van der Waals surface area contributed by atoms with Crippen molar-refractivity contribution in [3.8, 4) is 0 Å². The van der Waals surface area contributed by atoms with E-state index in [1.807, 2.05) is 12.3 Å². The van der Waals surface area contributed by atoms with Gasteiger partial charge in [-0.05, 0) is 25.1 Å². The number of carboxylic acids is 1. The second kappa shape index (κ2) is 6.55. The molecule has 2 rings (SSSR count). The lowest BCUT2D eigenvalue weighted by atomic mass is 10.2. The first-order chi connectivity index (χ1) is 9.95. The summed E-state index contributed by atoms with van der Waals surface area (Å²) in [7, 11) is 0. The number of benzene rings is 1. The predicted molar refractivity (Wildman–Crippen MR) is 81.1 cm³/mol. The van der Waals surface area contributed by atoms with Gasteiger partial charge in [-0.1, -0.05) is 11.6 Å². The highest BCUT2D eigenvalue weighted by Gasteiger charge is 2.13. The average Bonchev–Trinajstić information content (AvgIpc) is 2.84. The van der Waals surface area contributed by atoms with E-state index < -0.39 is 12.0 Å². The maximum atomic E-state index is 11.8. The minimum atomic E-state index is -1.16. The van der Waals surface area contributed by atoms with Crippen molar-refractivity contribution >= 4 is 40.6 Å². The van der Waals surface area contributed by atoms with Gasteiger partial charge < -0.3 is 15.7 Å². The molecule has 1 aromatic carbocycles. The van der Waals surface area contributed by atoms with Crippen molar-refractivity contribution in [1.82, 2.24) is 10.3 Å². The molecule has 6 nitrogen and oxygen atoms in total. The van der Waals surface area contributed by atoms with Gasteiger partial charge in [0.1, 0.15) is 5.01 Å². The van der Waals surface area contributed by atoms with Crippen LogP contribution in [-0.4, -0.2) is 22.1 Å². The lowest BCUT2D eigenvalue weighted by molar-refractivity contribution is 0.0698. The monoisotopic (exact) mass is 325 g/mol. The Kier molecular flexibility index (Phi) is 4.77. The molecule has 0 radical (unpaired) electrons. The lowest BCUT2D eigenvalue weighted by Gasteiger charge is -2.09. The van der Waals surface area contributed by atoms with Crippen molar-refractivity contribution in [1.29, 1.82) is 0 Å². The highest BCUT2D eigenvalue weighted by molar-refractivity contribution is 7.09. The van der Waals surface area contributed by atoms with Crippen LogP contribution in [0.5, 0.6) is 0 Å². The summed E-state index contributed by atoms with van der Waals surface area (Å²) in [5.74, 6) is -1.16. The van der Waals surface area contributed by atoms with Crippen molar-refractivity contribution in [2.24, 2.45) is 0 Å². The Hall–Kier alpha value is -2.12. The number of nitrogens with zero attached hydrogens (tertiary/aromatic N) is 1. The van der Waals surface area contributed by atoms with E-state index in [9.17, 15) is 9.59 Å². The van der Waals surface area contributed by atoms with Crippen LogP contribution in [0.25, 0.3) is 0 Å². The fraction of sp³-hybridized carbons (Fsp3) is 0.154. The number of thiazole rings is 1. The van der Waals surface area contributed by atoms with Crippen LogP contribution in [-0.2, 0) is 6.54 Å². The van der Waals surface area contributed by atoms with Crippen molar-refractivity contribution in [2.75, 3.05) is 5.32 Å². The number of carbonyl (C=O) groups excluding carboxylic acids is 1. The van der Waals surface area contributed by atoms with Crippen molar-refractivity contribution in [2.45, 2.75) is 13.5 Å². The molecule has 21 heavy (non-hydrogen) atoms. The number of nitrogens with one attached hydrogen (secondary N) is 2. The van der Waals surface area contributed by atoms with Crippen LogP contribution in [0.2, 0.25) is 5.02 Å². The number of aromatic carboxylic acids is 1. The molecular formula is C13H12ClN3O3S. The molecule has 0 atom stereocenters. The van der Waals surface area contributed by atoms with Gasteiger partial charge in [-0.15, -0.1) is 11.3 Å². The molecule has 0 unspecified atom stereocenters. The molecule has 0 spiro atoms. The van der Waals surface area contributed by atoms with Gasteiger partial charge in [0.15, 0.2) is 0 Å². The Labute approximate surface area is 129 Å². The quantitative estimate of drug-likeness (QED) is 0.805. The van der Waals surface area contributed by atoms with Gasteiger partial charge in [-0.2, -0.15) is 0 Å². The Morgan fingerprint density at radius 3 is 2.81 bits per heavy atom. The normalized spacial score (nSPS) is 10.2. The van der Waals surface area contributed by atoms with E-state index in [0.717, 1.165) is 10.7 Å². The molecule has 0 aliphatic rings. The summed E-state index contributed by atoms with van der Waals surface area (Å²) >= 11 is 7.19. The third-order valence-electron chi connectivity index (χ3n) is 2.53. The summed E-state index contributed by atoms with van der Waals surface area (Å²) in [6.45, 7) is 2.15. The van der Waals surface area contributed by atoms with Gasteiger partial charge in [0.05, 0.1) is 17.8 Å². The first kappa shape index (κ1) is 15.3. The van der Waals surface area contributed by atoms with Gasteiger partial charge in [0, 0.05) is 16.1 Å². The summed E-state index contributed by atoms with van der Waals surface area (Å²) < 4.78 is 0. The van der Waals surface area contributed by atoms with Gasteiger partial charge in [0.2, 0.25) is 0 Å². The average molecular weight is 326 g/mol. The molecule has 3 N–H and O–H groups in total. The first-order valence-corrected chi connectivity index (χ1v) is 7.20. The summed E-state index contributed by atoms with van der Waals surface area (Å²) in [4.78, 5) is 27.1. The van der Waals surface area contributed by atoms with E-state index in [4.69, 9.17) is 16.7 Å². The van der Waals surface area contributed by atoms with Gasteiger partial charge in [-0.3, -0.25) is 0 Å². The number of halogens is 1. The molecule has 2 amide bonds. The number of aryl methyl sites for hydroxylation is 1. The number of amides is 2. The Balaban J connectivity index is 2.01. The van der Waals surface area contributed by atoms with E-state index in [2.05, 4.69) is 15.6 Å². The summed E-state index contributed by atoms with van der Waals surface area (Å²) in [6.07, 6.45) is 0. The molecule has 0 aliphatic carbocycles. The molecule has 0 aliphatic heterocycles. The third-order valence-corrected chi connectivity index (χ3v) is 3.73. The first-order valence-electron chi connectivity index (χ1n) is 5.94. The summed E-state index contributed by atoms with van der Waals surface area (Å²) in [5, 5.41) is 17.1. The highest BCUT2D eigenvalue weighted by Crippen LogP contribution is 2.20. The maximum Gasteiger partial charge on any atom is 0.337 e. The fourth-order valence-corrected chi connectivity index (χ4v) is 2.49. The van der Waals surface area contributed by atoms with Gasteiger partial charge >= 0.3 is 12.0 Å². The predicted octanol–water partition coefficient (Wildman–Crippen LogP) is 3.12. The standard InChI is InChI=1S/C13H12ClN3O3S/c1-7-6-21-11(16-7)5-15-13(20)17-10-3-2-8(14)4-9(10)12(18)19/h2-4,6H,5H2,1H3,(H,18,19)(H2,15,17,20). The number of rotatable bonds is 4. The van der Waals surface area contributed by atoms with Gasteiger partial charge in [0.25, 0.3) is 0 Å². The highest BCUT2D eigenvalue weighted by atomic mass is 35.5. The SMILES string of the molecule is Cc1csc(CNC(=O)Nc2ccc(Cl)cc2C(=O)O)n1. The van der Waals surface area contributed by atoms with Crippen molar-refractivity contribution < 1.29 is 14.7 Å². The van der Waals surface area contributed by atoms with Crippen LogP contribution >= 0.6 is 22.9 Å². The zero-order valence-electron chi connectivity index (χ0n) is 11.0. The molecule has 0 bridgehead atoms. The largest absolute Gasteiger partial charge is 0.478 e. The van der Waals surface area contributed by atoms with Crippen LogP contribution < -0.4 is 10.6 Å². The number of hydrogen-bond acceptors (Lipinski definition) is 4. The van der Waals surface area contributed by atoms with E-state index in [-0.39, 0.29) is 22.8 Å².